The van der Waals surface area contributed by atoms with Crippen molar-refractivity contribution in [1.29, 1.82) is 0 Å². The number of halogens is 7. The molecule has 212 valence electrons. The predicted octanol–water partition coefficient (Wildman–Crippen LogP) is 5.92. The lowest BCUT2D eigenvalue weighted by molar-refractivity contribution is -0.249. The van der Waals surface area contributed by atoms with E-state index in [2.05, 4.69) is 10.1 Å². The normalized spacial score (nSPS) is 18.9. The molecule has 1 amide bonds. The number of hydrogen-bond donors (Lipinski definition) is 0. The van der Waals surface area contributed by atoms with Crippen LogP contribution < -0.4 is 9.91 Å². The maximum absolute atomic E-state index is 14.6. The van der Waals surface area contributed by atoms with Gasteiger partial charge in [-0.05, 0) is 50.6 Å². The Bertz CT molecular complexity index is 1250. The van der Waals surface area contributed by atoms with Crippen LogP contribution in [0, 0.1) is 11.6 Å². The first kappa shape index (κ1) is 28.4. The summed E-state index contributed by atoms with van der Waals surface area (Å²) in [6, 6.07) is 3.92. The number of alkyl halides is 5. The van der Waals surface area contributed by atoms with Gasteiger partial charge in [-0.2, -0.15) is 27.1 Å². The minimum absolute atomic E-state index is 0.245. The highest BCUT2D eigenvalue weighted by Crippen LogP contribution is 2.45. The SMILES string of the molecule is CC(C)(C)OC(=O)N1CCN(c2cc(C3CC(C(F)(F)C(F)(F)F)=NN3c3ccc(F)cc3F)ccn2)CC1. The number of piperazine rings is 1. The highest BCUT2D eigenvalue weighted by Gasteiger charge is 2.63. The van der Waals surface area contributed by atoms with Gasteiger partial charge in [0.25, 0.3) is 0 Å². The number of pyridine rings is 1. The highest BCUT2D eigenvalue weighted by atomic mass is 19.4. The summed E-state index contributed by atoms with van der Waals surface area (Å²) in [6.07, 6.45) is -5.89. The van der Waals surface area contributed by atoms with Gasteiger partial charge in [0.05, 0.1) is 11.7 Å². The molecule has 2 aromatic rings. The molecular formula is C25H26F7N5O2. The fourth-order valence-electron chi connectivity index (χ4n) is 4.27. The molecular weight excluding hydrogens is 535 g/mol. The van der Waals surface area contributed by atoms with Crippen molar-refractivity contribution < 1.29 is 40.3 Å². The van der Waals surface area contributed by atoms with E-state index in [0.717, 1.165) is 12.1 Å². The van der Waals surface area contributed by atoms with Crippen LogP contribution in [0.4, 0.5) is 47.0 Å². The topological polar surface area (TPSA) is 61.3 Å². The van der Waals surface area contributed by atoms with Crippen molar-refractivity contribution in [2.45, 2.75) is 50.9 Å². The van der Waals surface area contributed by atoms with Crippen LogP contribution in [0.25, 0.3) is 0 Å². The van der Waals surface area contributed by atoms with Gasteiger partial charge in [0, 0.05) is 44.9 Å². The Labute approximate surface area is 219 Å². The molecule has 1 atom stereocenters. The molecule has 14 heteroatoms. The second-order valence-electron chi connectivity index (χ2n) is 10.2. The van der Waals surface area contributed by atoms with E-state index in [4.69, 9.17) is 4.74 Å². The molecule has 7 nitrogen and oxygen atoms in total. The molecule has 1 aromatic heterocycles. The molecule has 0 saturated carbocycles. The lowest BCUT2D eigenvalue weighted by atomic mass is 9.99. The largest absolute Gasteiger partial charge is 0.459 e. The van der Waals surface area contributed by atoms with Crippen LogP contribution in [0.15, 0.2) is 41.6 Å². The van der Waals surface area contributed by atoms with Crippen molar-refractivity contribution in [3.05, 3.63) is 53.7 Å². The van der Waals surface area contributed by atoms with Gasteiger partial charge in [-0.15, -0.1) is 0 Å². The van der Waals surface area contributed by atoms with Gasteiger partial charge in [-0.1, -0.05) is 0 Å². The Hall–Kier alpha value is -3.58. The van der Waals surface area contributed by atoms with Crippen LogP contribution in [0.5, 0.6) is 0 Å². The average molecular weight is 562 g/mol. The first-order chi connectivity index (χ1) is 18.1. The van der Waals surface area contributed by atoms with E-state index >= 15 is 0 Å². The molecule has 1 aromatic carbocycles. The van der Waals surface area contributed by atoms with Crippen LogP contribution in [-0.2, 0) is 4.74 Å². The second kappa shape index (κ2) is 10.2. The summed E-state index contributed by atoms with van der Waals surface area (Å²) < 4.78 is 101. The third-order valence-electron chi connectivity index (χ3n) is 6.20. The number of anilines is 2. The molecule has 1 unspecified atom stereocenters. The minimum Gasteiger partial charge on any atom is -0.444 e. The highest BCUT2D eigenvalue weighted by molar-refractivity contribution is 5.95. The van der Waals surface area contributed by atoms with Gasteiger partial charge in [0.1, 0.15) is 22.9 Å². The Balaban J connectivity index is 1.60. The molecule has 0 radical (unpaired) electrons. The zero-order valence-corrected chi connectivity index (χ0v) is 21.3. The van der Waals surface area contributed by atoms with Crippen molar-refractivity contribution >= 4 is 23.3 Å². The molecule has 1 fully saturated rings. The van der Waals surface area contributed by atoms with Gasteiger partial charge >= 0.3 is 18.2 Å². The van der Waals surface area contributed by atoms with Crippen molar-refractivity contribution in [1.82, 2.24) is 9.88 Å². The van der Waals surface area contributed by atoms with E-state index in [1.54, 1.807) is 20.8 Å². The molecule has 4 rings (SSSR count). The summed E-state index contributed by atoms with van der Waals surface area (Å²) in [4.78, 5) is 20.0. The van der Waals surface area contributed by atoms with Gasteiger partial charge < -0.3 is 14.5 Å². The molecule has 0 bridgehead atoms. The molecule has 0 N–H and O–H groups in total. The Morgan fingerprint density at radius 2 is 1.64 bits per heavy atom. The van der Waals surface area contributed by atoms with E-state index in [-0.39, 0.29) is 5.56 Å². The third-order valence-corrected chi connectivity index (χ3v) is 6.20. The summed E-state index contributed by atoms with van der Waals surface area (Å²) in [5.41, 5.74) is -2.37. The molecule has 3 heterocycles. The number of ether oxygens (including phenoxy) is 1. The van der Waals surface area contributed by atoms with Gasteiger partial charge in [-0.25, -0.2) is 18.6 Å². The number of carbonyl (C=O) groups is 1. The Morgan fingerprint density at radius 1 is 0.974 bits per heavy atom. The zero-order valence-electron chi connectivity index (χ0n) is 21.3. The fraction of sp³-hybridized carbons (Fsp3) is 0.480. The van der Waals surface area contributed by atoms with Gasteiger partial charge in [0.15, 0.2) is 5.82 Å². The maximum Gasteiger partial charge on any atom is 0.459 e. The Morgan fingerprint density at radius 3 is 2.23 bits per heavy atom. The minimum atomic E-state index is -5.91. The molecule has 2 aliphatic rings. The smallest absolute Gasteiger partial charge is 0.444 e. The van der Waals surface area contributed by atoms with E-state index in [1.807, 2.05) is 4.90 Å². The lowest BCUT2D eigenvalue weighted by Crippen LogP contribution is -2.50. The maximum atomic E-state index is 14.6. The van der Waals surface area contributed by atoms with Gasteiger partial charge in [-0.3, -0.25) is 5.01 Å². The lowest BCUT2D eigenvalue weighted by Gasteiger charge is -2.36. The van der Waals surface area contributed by atoms with E-state index in [0.29, 0.717) is 43.1 Å². The number of hydrazone groups is 1. The first-order valence-electron chi connectivity index (χ1n) is 12.0. The van der Waals surface area contributed by atoms with Crippen molar-refractivity contribution in [2.24, 2.45) is 5.10 Å². The van der Waals surface area contributed by atoms with Crippen LogP contribution in [0.1, 0.15) is 38.8 Å². The number of hydrogen-bond acceptors (Lipinski definition) is 6. The first-order valence-corrected chi connectivity index (χ1v) is 12.0. The third kappa shape index (κ3) is 6.04. The van der Waals surface area contributed by atoms with E-state index in [9.17, 15) is 35.5 Å². The molecule has 0 aliphatic carbocycles. The average Bonchev–Trinajstić information content (AvgIpc) is 3.28. The summed E-state index contributed by atoms with van der Waals surface area (Å²) in [5, 5.41) is 4.18. The summed E-state index contributed by atoms with van der Waals surface area (Å²) in [5.74, 6) is -7.00. The predicted molar refractivity (Wildman–Crippen MR) is 129 cm³/mol. The quantitative estimate of drug-likeness (QED) is 0.434. The summed E-state index contributed by atoms with van der Waals surface area (Å²) in [6.45, 7) is 6.57. The molecule has 0 spiro atoms. The molecule has 2 aliphatic heterocycles. The van der Waals surface area contributed by atoms with Crippen molar-refractivity contribution in [3.8, 4) is 0 Å². The van der Waals surface area contributed by atoms with Gasteiger partial charge in [0.2, 0.25) is 0 Å². The van der Waals surface area contributed by atoms with Crippen molar-refractivity contribution in [2.75, 3.05) is 36.1 Å². The van der Waals surface area contributed by atoms with E-state index < -0.39 is 59.3 Å². The van der Waals surface area contributed by atoms with Crippen molar-refractivity contribution in [3.63, 3.8) is 0 Å². The molecule has 39 heavy (non-hydrogen) atoms. The van der Waals surface area contributed by atoms with Crippen LogP contribution in [-0.4, -0.2) is 65.6 Å². The second-order valence-corrected chi connectivity index (χ2v) is 10.2. The zero-order chi connectivity index (χ0) is 28.8. The number of benzene rings is 1. The monoisotopic (exact) mass is 561 g/mol. The Kier molecular flexibility index (Phi) is 7.43. The fourth-order valence-corrected chi connectivity index (χ4v) is 4.27. The standard InChI is InChI=1S/C25H26F7N5O2/c1-23(2,3)39-22(38)36-10-8-35(9-11-36)21-12-15(6-7-33-21)19-14-20(24(28,29)25(30,31)32)34-37(19)18-5-4-16(26)13-17(18)27/h4-7,12-13,19H,8-11,14H2,1-3H3. The van der Waals surface area contributed by atoms with Crippen LogP contribution >= 0.6 is 0 Å². The number of carbonyl (C=O) groups excluding carboxylic acids is 1. The summed E-state index contributed by atoms with van der Waals surface area (Å²) >= 11 is 0. The van der Waals surface area contributed by atoms with Crippen LogP contribution in [0.2, 0.25) is 0 Å². The molecule has 1 saturated heterocycles. The number of amides is 1. The van der Waals surface area contributed by atoms with Crippen LogP contribution in [0.3, 0.4) is 0 Å². The number of nitrogens with zero attached hydrogens (tertiary/aromatic N) is 5. The number of rotatable bonds is 4. The number of aromatic nitrogens is 1. The summed E-state index contributed by atoms with van der Waals surface area (Å²) in [7, 11) is 0. The van der Waals surface area contributed by atoms with E-state index in [1.165, 1.54) is 23.2 Å².